The molecule has 3 N–H and O–H groups in total. The topological polar surface area (TPSA) is 103 Å². The number of phenols is 1. The minimum Gasteiger partial charge on any atom is -0.507 e. The molecule has 0 unspecified atom stereocenters. The third kappa shape index (κ3) is 8.37. The van der Waals surface area contributed by atoms with Gasteiger partial charge in [-0.3, -0.25) is 9.89 Å². The molecule has 0 aliphatic carbocycles. The molecule has 37 heavy (non-hydrogen) atoms. The number of benzene rings is 2. The molecule has 0 saturated carbocycles. The lowest BCUT2D eigenvalue weighted by Crippen LogP contribution is -2.21. The smallest absolute Gasteiger partial charge is 0.289 e. The van der Waals surface area contributed by atoms with Gasteiger partial charge >= 0.3 is 0 Å². The van der Waals surface area contributed by atoms with Gasteiger partial charge in [-0.25, -0.2) is 5.43 Å². The van der Waals surface area contributed by atoms with Crippen molar-refractivity contribution in [2.45, 2.75) is 59.3 Å². The molecule has 3 rings (SSSR count). The minimum absolute atomic E-state index is 0.102. The molecule has 0 radical (unpaired) electrons. The molecule has 0 saturated heterocycles. The average Bonchev–Trinajstić information content (AvgIpc) is 3.41. The maximum atomic E-state index is 12.5. The number of carbonyl (C=O) groups is 1. The van der Waals surface area contributed by atoms with Crippen LogP contribution in [0, 0.1) is 0 Å². The number of aromatic hydroxyl groups is 1. The number of ether oxygens (including phenoxy) is 1. The van der Waals surface area contributed by atoms with Crippen molar-refractivity contribution in [2.24, 2.45) is 5.10 Å². The van der Waals surface area contributed by atoms with Gasteiger partial charge in [-0.1, -0.05) is 39.0 Å². The maximum Gasteiger partial charge on any atom is 0.289 e. The van der Waals surface area contributed by atoms with Gasteiger partial charge in [0.15, 0.2) is 0 Å². The highest BCUT2D eigenvalue weighted by Crippen LogP contribution is 2.24. The second kappa shape index (κ2) is 14.7. The van der Waals surface area contributed by atoms with Gasteiger partial charge in [0.25, 0.3) is 5.91 Å². The van der Waals surface area contributed by atoms with Gasteiger partial charge in [-0.2, -0.15) is 10.2 Å². The molecule has 0 spiro atoms. The summed E-state index contributed by atoms with van der Waals surface area (Å²) < 4.78 is 5.84. The van der Waals surface area contributed by atoms with Crippen molar-refractivity contribution in [1.82, 2.24) is 15.6 Å². The summed E-state index contributed by atoms with van der Waals surface area (Å²) in [6.45, 7) is 8.77. The second-order valence-electron chi connectivity index (χ2n) is 8.92. The maximum absolute atomic E-state index is 12.5. The molecule has 198 valence electrons. The molecule has 1 amide bonds. The Kier molecular flexibility index (Phi) is 11.0. The number of nitrogens with zero attached hydrogens (tertiary/aromatic N) is 3. The Morgan fingerprint density at radius 2 is 1.76 bits per heavy atom. The molecule has 3 aromatic rings. The Morgan fingerprint density at radius 1 is 1.03 bits per heavy atom. The van der Waals surface area contributed by atoms with Crippen LogP contribution in [0.25, 0.3) is 11.3 Å². The van der Waals surface area contributed by atoms with Crippen LogP contribution >= 0.6 is 0 Å². The number of aromatic amines is 1. The number of nitrogens with one attached hydrogen (secondary N) is 2. The Balaban J connectivity index is 1.49. The van der Waals surface area contributed by atoms with Crippen molar-refractivity contribution in [3.63, 3.8) is 0 Å². The Hall–Kier alpha value is -3.81. The van der Waals surface area contributed by atoms with Crippen LogP contribution < -0.4 is 15.1 Å². The van der Waals surface area contributed by atoms with E-state index in [-0.39, 0.29) is 11.4 Å². The molecule has 8 nitrogen and oxygen atoms in total. The van der Waals surface area contributed by atoms with E-state index in [4.69, 9.17) is 4.74 Å². The zero-order chi connectivity index (χ0) is 26.5. The predicted octanol–water partition coefficient (Wildman–Crippen LogP) is 6.13. The van der Waals surface area contributed by atoms with E-state index in [9.17, 15) is 9.90 Å². The monoisotopic (exact) mass is 505 g/mol. The highest BCUT2D eigenvalue weighted by molar-refractivity contribution is 5.94. The first-order valence-electron chi connectivity index (χ1n) is 13.3. The number of hydrazone groups is 1. The molecule has 1 aromatic heterocycles. The highest BCUT2D eigenvalue weighted by Gasteiger charge is 2.11. The van der Waals surface area contributed by atoms with Gasteiger partial charge in [-0.15, -0.1) is 0 Å². The fraction of sp³-hybridized carbons (Fsp3) is 0.414. The SMILES string of the molecule is CCCCCCCCOc1ccc(-c2cc(C(=O)N/N=C\c3ccc(N(CC)CC)cc3O)[nH]n2)cc1. The number of H-pyrrole nitrogens is 1. The lowest BCUT2D eigenvalue weighted by Gasteiger charge is -2.21. The summed E-state index contributed by atoms with van der Waals surface area (Å²) in [5.74, 6) is 0.507. The quantitative estimate of drug-likeness (QED) is 0.131. The van der Waals surface area contributed by atoms with Gasteiger partial charge in [0.05, 0.1) is 18.5 Å². The van der Waals surface area contributed by atoms with Crippen LogP contribution in [-0.2, 0) is 0 Å². The van der Waals surface area contributed by atoms with Crippen molar-refractivity contribution < 1.29 is 14.6 Å². The van der Waals surface area contributed by atoms with Crippen LogP contribution in [0.2, 0.25) is 0 Å². The zero-order valence-electron chi connectivity index (χ0n) is 22.2. The first-order valence-corrected chi connectivity index (χ1v) is 13.3. The third-order valence-electron chi connectivity index (χ3n) is 6.25. The van der Waals surface area contributed by atoms with E-state index < -0.39 is 5.91 Å². The Bertz CT molecular complexity index is 1140. The number of unbranched alkanes of at least 4 members (excludes halogenated alkanes) is 5. The molecule has 0 fully saturated rings. The standard InChI is InChI=1S/C29H39N5O3/c1-4-7-8-9-10-11-18-37-25-16-13-22(14-17-25)26-20-27(32-31-26)29(36)33-30-21-23-12-15-24(19-28(23)35)34(5-2)6-3/h12-17,19-21,35H,4-11,18H2,1-3H3,(H,31,32)(H,33,36)/b30-21-. The molecule has 1 heterocycles. The molecular formula is C29H39N5O3. The number of phenolic OH excluding ortho intramolecular Hbond substituents is 1. The summed E-state index contributed by atoms with van der Waals surface area (Å²) in [4.78, 5) is 14.6. The molecule has 8 heteroatoms. The number of anilines is 1. The summed E-state index contributed by atoms with van der Waals surface area (Å²) >= 11 is 0. The van der Waals surface area contributed by atoms with E-state index in [1.807, 2.05) is 30.3 Å². The number of rotatable bonds is 15. The Labute approximate surface area is 219 Å². The van der Waals surface area contributed by atoms with Crippen LogP contribution in [0.5, 0.6) is 11.5 Å². The third-order valence-corrected chi connectivity index (χ3v) is 6.25. The average molecular weight is 506 g/mol. The van der Waals surface area contributed by atoms with E-state index >= 15 is 0 Å². The van der Waals surface area contributed by atoms with E-state index in [0.29, 0.717) is 11.3 Å². The fourth-order valence-corrected chi connectivity index (χ4v) is 4.03. The lowest BCUT2D eigenvalue weighted by molar-refractivity contribution is 0.0950. The van der Waals surface area contributed by atoms with Crippen molar-refractivity contribution in [3.05, 3.63) is 59.8 Å². The van der Waals surface area contributed by atoms with E-state index in [1.165, 1.54) is 38.3 Å². The van der Waals surface area contributed by atoms with Gasteiger partial charge in [0.2, 0.25) is 0 Å². The molecule has 0 aliphatic heterocycles. The zero-order valence-corrected chi connectivity index (χ0v) is 22.2. The normalized spacial score (nSPS) is 11.1. The minimum atomic E-state index is -0.423. The summed E-state index contributed by atoms with van der Waals surface area (Å²) in [5, 5.41) is 21.3. The number of carbonyl (C=O) groups excluding carboxylic acids is 1. The van der Waals surface area contributed by atoms with Crippen molar-refractivity contribution in [2.75, 3.05) is 24.6 Å². The lowest BCUT2D eigenvalue weighted by atomic mass is 10.1. The first-order chi connectivity index (χ1) is 18.0. The van der Waals surface area contributed by atoms with Gasteiger partial charge in [-0.05, 0) is 62.7 Å². The van der Waals surface area contributed by atoms with Gasteiger partial charge in [0.1, 0.15) is 17.2 Å². The van der Waals surface area contributed by atoms with Crippen molar-refractivity contribution >= 4 is 17.8 Å². The van der Waals surface area contributed by atoms with Crippen LogP contribution in [0.1, 0.15) is 75.3 Å². The highest BCUT2D eigenvalue weighted by atomic mass is 16.5. The number of hydrogen-bond acceptors (Lipinski definition) is 6. The Morgan fingerprint density at radius 3 is 2.46 bits per heavy atom. The van der Waals surface area contributed by atoms with E-state index in [1.54, 1.807) is 18.2 Å². The number of hydrogen-bond donors (Lipinski definition) is 3. The fourth-order valence-electron chi connectivity index (χ4n) is 4.03. The van der Waals surface area contributed by atoms with Gasteiger partial charge < -0.3 is 14.7 Å². The molecule has 0 aliphatic rings. The predicted molar refractivity (Wildman–Crippen MR) is 150 cm³/mol. The van der Waals surface area contributed by atoms with Crippen molar-refractivity contribution in [3.8, 4) is 22.8 Å². The number of aromatic nitrogens is 2. The largest absolute Gasteiger partial charge is 0.507 e. The first kappa shape index (κ1) is 27.8. The van der Waals surface area contributed by atoms with E-state index in [2.05, 4.69) is 46.4 Å². The van der Waals surface area contributed by atoms with Crippen LogP contribution in [0.15, 0.2) is 53.6 Å². The van der Waals surface area contributed by atoms with Crippen LogP contribution in [0.4, 0.5) is 5.69 Å². The molecule has 0 bridgehead atoms. The van der Waals surface area contributed by atoms with Crippen molar-refractivity contribution in [1.29, 1.82) is 0 Å². The van der Waals surface area contributed by atoms with Gasteiger partial charge in [0, 0.05) is 36.0 Å². The van der Waals surface area contributed by atoms with Crippen LogP contribution in [0.3, 0.4) is 0 Å². The number of amides is 1. The van der Waals surface area contributed by atoms with E-state index in [0.717, 1.165) is 43.1 Å². The molecule has 0 atom stereocenters. The second-order valence-corrected chi connectivity index (χ2v) is 8.92. The summed E-state index contributed by atoms with van der Waals surface area (Å²) in [6, 6.07) is 14.8. The molecular weight excluding hydrogens is 466 g/mol. The summed E-state index contributed by atoms with van der Waals surface area (Å²) in [7, 11) is 0. The summed E-state index contributed by atoms with van der Waals surface area (Å²) in [6.07, 6.45) is 8.82. The van der Waals surface area contributed by atoms with Crippen LogP contribution in [-0.4, -0.2) is 47.1 Å². The molecule has 2 aromatic carbocycles. The summed E-state index contributed by atoms with van der Waals surface area (Å²) in [5.41, 5.74) is 5.74.